The zero-order valence-corrected chi connectivity index (χ0v) is 39.4. The molecular weight excluding hydrogens is 1160 g/mol. The first-order chi connectivity index (χ1) is 26.8. The third-order valence-corrected chi connectivity index (χ3v) is 10.3. The molecule has 0 heterocycles. The Morgan fingerprint density at radius 3 is 1.51 bits per heavy atom. The Labute approximate surface area is 378 Å². The van der Waals surface area contributed by atoms with Crippen molar-refractivity contribution in [1.29, 1.82) is 0 Å². The van der Waals surface area contributed by atoms with Gasteiger partial charge in [-0.1, -0.05) is 23.2 Å². The number of halogens is 6. The molecule has 0 bridgehead atoms. The average molecular weight is 1200 g/mol. The largest absolute Gasteiger partial charge is 0.495 e. The van der Waals surface area contributed by atoms with Gasteiger partial charge in [-0.3, -0.25) is 40.5 Å². The Kier molecular flexibility index (Phi) is 22.2. The van der Waals surface area contributed by atoms with Gasteiger partial charge in [0.1, 0.15) is 30.3 Å². The molecule has 4 aromatic rings. The predicted octanol–water partition coefficient (Wildman–Crippen LogP) is 10.9. The minimum Gasteiger partial charge on any atom is -0.495 e. The van der Waals surface area contributed by atoms with E-state index in [-0.39, 0.29) is 50.0 Å². The SMILES string of the molecule is CCOc1ccc([N+](=O)[O-])cc1Cl.COc1c(Br)cc([N+](=O)[O-])c(OC)c1Br.COc1c(I)cc([N+](=O)[O-])c(OC)c1I.COc1ccc([N+](=O)[O-])c(OC)c1Cl. The molecule has 0 aromatic heterocycles. The van der Waals surface area contributed by atoms with Crippen LogP contribution >= 0.6 is 100 Å². The maximum Gasteiger partial charge on any atom is 0.313 e. The molecule has 0 atom stereocenters. The summed E-state index contributed by atoms with van der Waals surface area (Å²) in [6.45, 7) is 2.30. The number of non-ortho nitro benzene ring substituents is 1. The monoisotopic (exact) mass is 1190 g/mol. The highest BCUT2D eigenvalue weighted by Crippen LogP contribution is 2.46. The first kappa shape index (κ1) is 51.1. The van der Waals surface area contributed by atoms with Gasteiger partial charge in [-0.15, -0.1) is 0 Å². The lowest BCUT2D eigenvalue weighted by atomic mass is 10.3. The van der Waals surface area contributed by atoms with Crippen molar-refractivity contribution in [3.8, 4) is 40.2 Å². The Morgan fingerprint density at radius 1 is 0.596 bits per heavy atom. The van der Waals surface area contributed by atoms with Crippen LogP contribution in [0.5, 0.6) is 40.2 Å². The number of nitrogens with zero attached hydrogens (tertiary/aromatic N) is 4. The van der Waals surface area contributed by atoms with Crippen molar-refractivity contribution in [1.82, 2.24) is 0 Å². The molecule has 0 fully saturated rings. The van der Waals surface area contributed by atoms with E-state index in [2.05, 4.69) is 31.9 Å². The van der Waals surface area contributed by atoms with Crippen LogP contribution < -0.4 is 33.2 Å². The van der Waals surface area contributed by atoms with Crippen molar-refractivity contribution in [2.75, 3.05) is 49.3 Å². The van der Waals surface area contributed by atoms with Crippen molar-refractivity contribution in [3.63, 3.8) is 0 Å². The number of nitro groups is 4. The van der Waals surface area contributed by atoms with E-state index in [1.54, 1.807) is 0 Å². The summed E-state index contributed by atoms with van der Waals surface area (Å²) in [5.74, 6) is 2.24. The third-order valence-electron chi connectivity index (χ3n) is 6.52. The van der Waals surface area contributed by atoms with Gasteiger partial charge >= 0.3 is 17.1 Å². The molecule has 0 saturated carbocycles. The number of hydrogen-bond donors (Lipinski definition) is 0. The average Bonchev–Trinajstić information content (AvgIpc) is 3.16. The van der Waals surface area contributed by atoms with Crippen LogP contribution in [0.3, 0.4) is 0 Å². The zero-order valence-electron chi connectivity index (χ0n) is 30.4. The molecule has 4 rings (SSSR count). The zero-order chi connectivity index (χ0) is 43.7. The van der Waals surface area contributed by atoms with Gasteiger partial charge in [-0.05, 0) is 96.1 Å². The summed E-state index contributed by atoms with van der Waals surface area (Å²) in [7, 11) is 8.48. The fourth-order valence-corrected chi connectivity index (χ4v) is 8.51. The Bertz CT molecular complexity index is 2030. The van der Waals surface area contributed by atoms with Crippen LogP contribution in [-0.4, -0.2) is 69.0 Å². The van der Waals surface area contributed by atoms with Crippen LogP contribution in [0.25, 0.3) is 0 Å². The minimum atomic E-state index is -0.565. The van der Waals surface area contributed by atoms with Crippen LogP contribution in [0, 0.1) is 47.6 Å². The van der Waals surface area contributed by atoms with E-state index in [9.17, 15) is 40.5 Å². The molecule has 19 nitrogen and oxygen atoms in total. The highest BCUT2D eigenvalue weighted by molar-refractivity contribution is 14.1. The molecule has 0 aliphatic rings. The molecule has 0 spiro atoms. The van der Waals surface area contributed by atoms with E-state index in [1.807, 2.05) is 52.1 Å². The van der Waals surface area contributed by atoms with Gasteiger partial charge < -0.3 is 33.2 Å². The van der Waals surface area contributed by atoms with E-state index in [0.717, 1.165) is 0 Å². The second-order valence-corrected chi connectivity index (χ2v) is 14.4. The molecule has 57 heavy (non-hydrogen) atoms. The van der Waals surface area contributed by atoms with Gasteiger partial charge in [0.15, 0.2) is 5.75 Å². The second-order valence-electron chi connectivity index (χ2n) is 9.73. The summed E-state index contributed by atoms with van der Waals surface area (Å²) >= 11 is 21.8. The lowest BCUT2D eigenvalue weighted by molar-refractivity contribution is -0.386. The van der Waals surface area contributed by atoms with Gasteiger partial charge in [0.25, 0.3) is 5.69 Å². The smallest absolute Gasteiger partial charge is 0.313 e. The number of hydrogen-bond acceptors (Lipinski definition) is 15. The molecule has 4 aromatic carbocycles. The first-order valence-corrected chi connectivity index (χ1v) is 19.4. The lowest BCUT2D eigenvalue weighted by Gasteiger charge is -2.10. The van der Waals surface area contributed by atoms with E-state index in [0.29, 0.717) is 45.7 Å². The predicted molar refractivity (Wildman–Crippen MR) is 234 cm³/mol. The summed E-state index contributed by atoms with van der Waals surface area (Å²) in [5.41, 5.74) is -0.393. The number of rotatable bonds is 12. The van der Waals surface area contributed by atoms with Crippen molar-refractivity contribution in [2.45, 2.75) is 6.92 Å². The molecule has 0 aliphatic carbocycles. The molecule has 0 amide bonds. The van der Waals surface area contributed by atoms with Crippen LogP contribution in [0.1, 0.15) is 6.92 Å². The van der Waals surface area contributed by atoms with Gasteiger partial charge in [-0.2, -0.15) is 0 Å². The molecule has 25 heteroatoms. The van der Waals surface area contributed by atoms with Crippen molar-refractivity contribution < 1.29 is 52.9 Å². The fourth-order valence-electron chi connectivity index (χ4n) is 4.08. The van der Waals surface area contributed by atoms with Crippen LogP contribution in [0.15, 0.2) is 51.4 Å². The third kappa shape index (κ3) is 13.9. The van der Waals surface area contributed by atoms with E-state index in [4.69, 9.17) is 56.4 Å². The first-order valence-electron chi connectivity index (χ1n) is 14.9. The van der Waals surface area contributed by atoms with Crippen LogP contribution in [0.4, 0.5) is 22.7 Å². The summed E-state index contributed by atoms with van der Waals surface area (Å²) in [4.78, 5) is 40.3. The van der Waals surface area contributed by atoms with Crippen molar-refractivity contribution in [2.24, 2.45) is 0 Å². The summed E-state index contributed by atoms with van der Waals surface area (Å²) in [5, 5.41) is 42.7. The number of nitro benzene ring substituents is 4. The Balaban J connectivity index is 0.000000381. The summed E-state index contributed by atoms with van der Waals surface area (Å²) < 4.78 is 37.2. The molecule has 310 valence electrons. The van der Waals surface area contributed by atoms with E-state index < -0.39 is 19.7 Å². The maximum absolute atomic E-state index is 10.8. The number of benzene rings is 4. The Hall–Kier alpha value is -3.92. The standard InChI is InChI=1S/C8H7Br2NO4.C8H8ClNO4.C8H8ClNO3.C8H7I2NO4/c1-14-7-4(9)3-5(11(12)13)8(15-2)6(7)10;1-13-6-4-3-5(10(11)12)8(14-2)7(6)9;1-2-13-8-4-3-6(10(11)12)5-7(8)9;1-14-7-4(9)3-5(11(12)13)8(15-2)6(7)10/h3H,1-2H3;3-4H,1-2H3;3-5H,2H2,1H3;3H,1-2H3. The summed E-state index contributed by atoms with van der Waals surface area (Å²) in [6, 6.07) is 9.59. The lowest BCUT2D eigenvalue weighted by Crippen LogP contribution is -2.00. The van der Waals surface area contributed by atoms with Crippen LogP contribution in [-0.2, 0) is 0 Å². The topological polar surface area (TPSA) is 237 Å². The summed E-state index contributed by atoms with van der Waals surface area (Å²) in [6.07, 6.45) is 0. The molecule has 0 aliphatic heterocycles. The number of ether oxygens (including phenoxy) is 7. The van der Waals surface area contributed by atoms with E-state index in [1.165, 1.54) is 85.1 Å². The molecule has 0 saturated heterocycles. The highest BCUT2D eigenvalue weighted by atomic mass is 127. The quantitative estimate of drug-likeness (QED) is 0.0728. The molecule has 0 unspecified atom stereocenters. The Morgan fingerprint density at radius 2 is 1.09 bits per heavy atom. The van der Waals surface area contributed by atoms with Crippen molar-refractivity contribution in [3.05, 3.63) is 109 Å². The van der Waals surface area contributed by atoms with E-state index >= 15 is 0 Å². The molecule has 0 radical (unpaired) electrons. The maximum atomic E-state index is 10.8. The normalized spacial score (nSPS) is 9.77. The highest BCUT2D eigenvalue weighted by Gasteiger charge is 2.25. The molecular formula is C32H30Br2Cl2I2N4O15. The van der Waals surface area contributed by atoms with Gasteiger partial charge in [0.2, 0.25) is 17.2 Å². The second kappa shape index (κ2) is 24.8. The van der Waals surface area contributed by atoms with Gasteiger partial charge in [0, 0.05) is 30.3 Å². The molecule has 0 N–H and O–H groups in total. The number of methoxy groups -OCH3 is 6. The van der Waals surface area contributed by atoms with Gasteiger partial charge in [0.05, 0.1) is 82.0 Å². The van der Waals surface area contributed by atoms with Crippen molar-refractivity contribution >= 4 is 123 Å². The minimum absolute atomic E-state index is 0.0102. The fraction of sp³-hybridized carbons (Fsp3) is 0.250. The van der Waals surface area contributed by atoms with Crippen LogP contribution in [0.2, 0.25) is 10.0 Å². The van der Waals surface area contributed by atoms with Gasteiger partial charge in [-0.25, -0.2) is 0 Å².